The summed E-state index contributed by atoms with van der Waals surface area (Å²) in [6.45, 7) is 5.18. The van der Waals surface area contributed by atoms with Crippen LogP contribution >= 0.6 is 0 Å². The molecule has 1 aromatic rings. The van der Waals surface area contributed by atoms with Gasteiger partial charge in [0.15, 0.2) is 5.60 Å². The summed E-state index contributed by atoms with van der Waals surface area (Å²) in [5.74, 6) is -2.39. The van der Waals surface area contributed by atoms with E-state index in [-0.39, 0.29) is 90.5 Å². The van der Waals surface area contributed by atoms with Crippen LogP contribution in [0.3, 0.4) is 0 Å². The second-order valence-electron chi connectivity index (χ2n) is 16.1. The Kier molecular flexibility index (Phi) is 7.75. The van der Waals surface area contributed by atoms with Gasteiger partial charge in [0.2, 0.25) is 11.8 Å². The molecule has 2 aliphatic heterocycles. The Morgan fingerprint density at radius 3 is 2.45 bits per heavy atom. The number of fused-ring (bicyclic) bond motifs is 2. The molecule has 49 heavy (non-hydrogen) atoms. The third-order valence-corrected chi connectivity index (χ3v) is 14.7. The highest BCUT2D eigenvalue weighted by molar-refractivity contribution is 6.22. The molecule has 1 aromatic carbocycles. The molecule has 7 bridgehead atoms. The monoisotopic (exact) mass is 683 g/mol. The molecule has 15 atom stereocenters. The molecule has 0 aromatic heterocycles. The highest BCUT2D eigenvalue weighted by atomic mass is 16.5. The van der Waals surface area contributed by atoms with E-state index in [4.69, 9.17) is 23.7 Å². The van der Waals surface area contributed by atoms with E-state index >= 15 is 0 Å². The lowest BCUT2D eigenvalue weighted by Crippen LogP contribution is -3.23. The maximum absolute atomic E-state index is 14.1. The van der Waals surface area contributed by atoms with E-state index in [0.29, 0.717) is 25.9 Å². The molecule has 0 radical (unpaired) electrons. The van der Waals surface area contributed by atoms with Gasteiger partial charge in [-0.15, -0.1) is 0 Å². The second kappa shape index (κ2) is 11.3. The van der Waals surface area contributed by atoms with Crippen LogP contribution in [-0.2, 0) is 33.3 Å². The van der Waals surface area contributed by atoms with Gasteiger partial charge in [0.05, 0.1) is 59.6 Å². The van der Waals surface area contributed by atoms with Crippen molar-refractivity contribution in [2.45, 2.75) is 87.6 Å². The van der Waals surface area contributed by atoms with Gasteiger partial charge in [-0.2, -0.15) is 0 Å². The minimum atomic E-state index is -1.66. The maximum atomic E-state index is 14.1. The number of carbonyl (C=O) groups is 3. The Morgan fingerprint density at radius 1 is 1.06 bits per heavy atom. The lowest BCUT2D eigenvalue weighted by molar-refractivity contribution is -0.956. The number of methoxy groups -OCH3 is 4. The highest BCUT2D eigenvalue weighted by Gasteiger charge is 2.93. The molecule has 12 heteroatoms. The van der Waals surface area contributed by atoms with Crippen molar-refractivity contribution in [1.29, 1.82) is 0 Å². The van der Waals surface area contributed by atoms with Crippen molar-refractivity contribution >= 4 is 23.5 Å². The van der Waals surface area contributed by atoms with Crippen LogP contribution in [0.4, 0.5) is 5.69 Å². The largest absolute Gasteiger partial charge is 0.461 e. The fourth-order valence-corrected chi connectivity index (χ4v) is 13.4. The van der Waals surface area contributed by atoms with Gasteiger partial charge in [0.1, 0.15) is 18.2 Å². The Morgan fingerprint density at radius 2 is 1.82 bits per heavy atom. The van der Waals surface area contributed by atoms with Gasteiger partial charge in [0.25, 0.3) is 0 Å². The summed E-state index contributed by atoms with van der Waals surface area (Å²) >= 11 is 0. The lowest BCUT2D eigenvalue weighted by Gasteiger charge is -2.67. The third kappa shape index (κ3) is 3.86. The number of quaternary nitrogens is 1. The molecule has 5 aliphatic carbocycles. The number of amides is 2. The van der Waals surface area contributed by atoms with Crippen LogP contribution in [-0.4, -0.2) is 118 Å². The Labute approximate surface area is 287 Å². The van der Waals surface area contributed by atoms with E-state index in [1.165, 1.54) is 0 Å². The van der Waals surface area contributed by atoms with Crippen LogP contribution in [0.15, 0.2) is 24.3 Å². The van der Waals surface area contributed by atoms with E-state index in [2.05, 4.69) is 6.92 Å². The molecule has 12 nitrogen and oxygen atoms in total. The molecule has 2 amide bonds. The predicted octanol–water partition coefficient (Wildman–Crippen LogP) is 0.618. The molecule has 3 N–H and O–H groups in total. The van der Waals surface area contributed by atoms with Gasteiger partial charge in [-0.3, -0.25) is 9.59 Å². The molecular formula is C37H51N2O10+. The number of piperidine rings is 1. The number of carbonyl (C=O) groups excluding carboxylic acids is 3. The lowest BCUT2D eigenvalue weighted by atomic mass is 9.42. The summed E-state index contributed by atoms with van der Waals surface area (Å²) in [6, 6.07) is 6.22. The van der Waals surface area contributed by atoms with E-state index in [1.807, 2.05) is 0 Å². The minimum Gasteiger partial charge on any atom is -0.461 e. The van der Waals surface area contributed by atoms with Crippen LogP contribution in [0.1, 0.15) is 56.3 Å². The first-order valence-electron chi connectivity index (χ1n) is 18.0. The third-order valence-electron chi connectivity index (χ3n) is 14.7. The average Bonchev–Trinajstić information content (AvgIpc) is 3.63. The van der Waals surface area contributed by atoms with Gasteiger partial charge in [0, 0.05) is 65.0 Å². The van der Waals surface area contributed by atoms with Crippen molar-refractivity contribution in [3.05, 3.63) is 29.8 Å². The molecule has 5 saturated carbocycles. The quantitative estimate of drug-likeness (QED) is 0.250. The molecule has 1 spiro atoms. The number of likely N-dealkylation sites (tertiary alicyclic amines) is 1. The van der Waals surface area contributed by atoms with Crippen LogP contribution < -0.4 is 9.80 Å². The second-order valence-corrected chi connectivity index (χ2v) is 16.1. The zero-order valence-corrected chi connectivity index (χ0v) is 29.3. The topological polar surface area (TPSA) is 146 Å². The maximum Gasteiger partial charge on any atom is 0.340 e. The molecule has 2 heterocycles. The summed E-state index contributed by atoms with van der Waals surface area (Å²) in [4.78, 5) is 42.2. The Balaban J connectivity index is 1.23. The number of ether oxygens (including phenoxy) is 5. The first-order valence-corrected chi connectivity index (χ1v) is 18.0. The van der Waals surface area contributed by atoms with E-state index < -0.39 is 40.0 Å². The van der Waals surface area contributed by atoms with Gasteiger partial charge >= 0.3 is 5.97 Å². The summed E-state index contributed by atoms with van der Waals surface area (Å²) in [7, 11) is 6.73. The first-order chi connectivity index (χ1) is 23.4. The molecule has 15 unspecified atom stereocenters. The van der Waals surface area contributed by atoms with E-state index in [0.717, 1.165) is 16.2 Å². The molecule has 268 valence electrons. The minimum absolute atomic E-state index is 0.0521. The molecule has 2 saturated heterocycles. The Hall–Kier alpha value is -2.45. The van der Waals surface area contributed by atoms with Crippen molar-refractivity contribution in [2.24, 2.45) is 40.4 Å². The van der Waals surface area contributed by atoms with Crippen LogP contribution in [0.2, 0.25) is 0 Å². The van der Waals surface area contributed by atoms with Crippen molar-refractivity contribution in [2.75, 3.05) is 53.0 Å². The zero-order chi connectivity index (χ0) is 34.8. The number of anilines is 1. The Bertz CT molecular complexity index is 1560. The van der Waals surface area contributed by atoms with E-state index in [1.54, 1.807) is 59.6 Å². The molecular weight excluding hydrogens is 632 g/mol. The summed E-state index contributed by atoms with van der Waals surface area (Å²) < 4.78 is 31.4. The van der Waals surface area contributed by atoms with E-state index in [9.17, 15) is 24.6 Å². The molecule has 7 aliphatic rings. The SMILES string of the molecule is CC[NH+]1CC2(COC(=O)c3ccccc3N3C(=O)CC(C)C3=O)CCC(OC)C34C5CC6C(OC)CC(O)(C5C6OC)C(O)(C(OC)C23)C14. The summed E-state index contributed by atoms with van der Waals surface area (Å²) in [5, 5.41) is 26.6. The highest BCUT2D eigenvalue weighted by Crippen LogP contribution is 2.78. The van der Waals surface area contributed by atoms with Crippen molar-refractivity contribution in [3.8, 4) is 0 Å². The summed E-state index contributed by atoms with van der Waals surface area (Å²) in [6.07, 6.45) is 0.937. The van der Waals surface area contributed by atoms with Crippen LogP contribution in [0.5, 0.6) is 0 Å². The number of nitrogens with one attached hydrogen (secondary N) is 1. The first kappa shape index (κ1) is 33.7. The predicted molar refractivity (Wildman–Crippen MR) is 174 cm³/mol. The van der Waals surface area contributed by atoms with Crippen molar-refractivity contribution < 1.29 is 53.2 Å². The number of para-hydroxylation sites is 1. The average molecular weight is 684 g/mol. The number of hydrogen-bond donors (Lipinski definition) is 3. The smallest absolute Gasteiger partial charge is 0.340 e. The van der Waals surface area contributed by atoms with Gasteiger partial charge < -0.3 is 38.8 Å². The fourth-order valence-electron chi connectivity index (χ4n) is 13.4. The van der Waals surface area contributed by atoms with Crippen molar-refractivity contribution in [1.82, 2.24) is 0 Å². The molecule has 7 fully saturated rings. The number of nitrogens with zero attached hydrogens (tertiary/aromatic N) is 1. The van der Waals surface area contributed by atoms with Crippen LogP contribution in [0, 0.1) is 40.4 Å². The summed E-state index contributed by atoms with van der Waals surface area (Å²) in [5.41, 5.74) is -4.03. The number of hydrogen-bond acceptors (Lipinski definition) is 10. The number of esters is 1. The van der Waals surface area contributed by atoms with Gasteiger partial charge in [-0.25, -0.2) is 9.69 Å². The number of aliphatic hydroxyl groups is 2. The number of likely N-dealkylation sites (N-methyl/N-ethyl adjacent to an activating group) is 1. The van der Waals surface area contributed by atoms with Crippen molar-refractivity contribution in [3.63, 3.8) is 0 Å². The molecule has 8 rings (SSSR count). The fraction of sp³-hybridized carbons (Fsp3) is 0.757. The number of benzene rings is 1. The number of imide groups is 1. The normalized spacial score (nSPS) is 49.1. The standard InChI is InChI=1S/C37H50N2O10/c1-7-38-17-34(18-49-32(42)20-10-8-9-11-23(20)39-26(40)14-19(2)31(39)41)13-12-25(46-4)36-22-15-21-24(45-3)16-35(43,27(22)28(21)47-5)37(44,33(36)38)30(48-6)29(34)36/h8-11,19,21-22,24-25,27-30,33,43-44H,7,12-18H2,1-6H3/p+1. The van der Waals surface area contributed by atoms with Gasteiger partial charge in [-0.05, 0) is 44.2 Å². The van der Waals surface area contributed by atoms with Crippen LogP contribution in [0.25, 0.3) is 0 Å². The number of rotatable bonds is 9. The zero-order valence-electron chi connectivity index (χ0n) is 29.3. The van der Waals surface area contributed by atoms with Gasteiger partial charge in [-0.1, -0.05) is 19.1 Å².